The Balaban J connectivity index is 1.91. The van der Waals surface area contributed by atoms with Gasteiger partial charge in [0.2, 0.25) is 11.8 Å². The molecule has 0 aliphatic carbocycles. The minimum Gasteiger partial charge on any atom is -0.480 e. The van der Waals surface area contributed by atoms with Crippen molar-refractivity contribution in [2.75, 3.05) is 185 Å². The quantitative estimate of drug-likeness (QED) is 0.0406. The van der Waals surface area contributed by atoms with Crippen LogP contribution in [0.15, 0.2) is 12.2 Å². The summed E-state index contributed by atoms with van der Waals surface area (Å²) in [7, 11) is 1.63. The van der Waals surface area contributed by atoms with Crippen molar-refractivity contribution in [1.82, 2.24) is 26.2 Å². The highest BCUT2D eigenvalue weighted by Crippen LogP contribution is 2.13. The van der Waals surface area contributed by atoms with Crippen LogP contribution < -0.4 is 21.3 Å². The molecule has 0 fully saturated rings. The van der Waals surface area contributed by atoms with E-state index in [4.69, 9.17) is 66.3 Å². The molecule has 1 aliphatic heterocycles. The average Bonchev–Trinajstić information content (AvgIpc) is 3.71. The highest BCUT2D eigenvalue weighted by atomic mass is 16.6. The van der Waals surface area contributed by atoms with Crippen molar-refractivity contribution >= 4 is 41.8 Å². The van der Waals surface area contributed by atoms with E-state index in [9.17, 15) is 38.7 Å². The third-order valence-electron chi connectivity index (χ3n) is 9.90. The summed E-state index contributed by atoms with van der Waals surface area (Å²) >= 11 is 0. The lowest BCUT2D eigenvalue weighted by atomic mass is 10.1. The first-order valence-electron chi connectivity index (χ1n) is 25.8. The predicted molar refractivity (Wildman–Crippen MR) is 270 cm³/mol. The lowest BCUT2D eigenvalue weighted by Crippen LogP contribution is -2.48. The Morgan fingerprint density at radius 1 is 0.500 bits per heavy atom. The fourth-order valence-corrected chi connectivity index (χ4v) is 6.15. The van der Waals surface area contributed by atoms with Crippen molar-refractivity contribution in [1.29, 1.82) is 0 Å². The zero-order valence-corrected chi connectivity index (χ0v) is 45.1. The molecule has 0 saturated carbocycles. The second kappa shape index (κ2) is 47.6. The summed E-state index contributed by atoms with van der Waals surface area (Å²) in [6.07, 6.45) is 1.44. The summed E-state index contributed by atoms with van der Waals surface area (Å²) in [5.74, 6) is -3.23. The molecule has 0 aromatic rings. The maximum Gasteiger partial charge on any atom is 0.407 e. The van der Waals surface area contributed by atoms with Crippen molar-refractivity contribution < 1.29 is 105 Å². The van der Waals surface area contributed by atoms with E-state index in [2.05, 4.69) is 21.3 Å². The standard InChI is InChI=1S/C49H87N5O22/c1-49(2,3)76-48(62)52-39-40(54-44(57)8-9-45(54)58)11-16-75-47(61)51-14-10-43(56)53-41(46(59)60)7-5-6-13-50-42(55)12-15-64-19-20-66-23-24-68-27-28-70-31-32-72-35-36-74-38-37-73-34-33-71-30-29-69-26-25-67-22-21-65-18-17-63-4/h8-9,40-41H,5-7,10-39H2,1-4H3,(H,50,55)(H,51,61)(H,52,62)(H,53,56)(H,59,60)/t40-,41+/m1/s1. The molecule has 1 aliphatic rings. The van der Waals surface area contributed by atoms with E-state index in [0.29, 0.717) is 165 Å². The number of carboxylic acid groups (broad SMARTS) is 1. The number of carbonyl (C=O) groups is 7. The molecule has 0 spiro atoms. The number of nitrogens with zero attached hydrogens (tertiary/aromatic N) is 1. The van der Waals surface area contributed by atoms with Gasteiger partial charge in [0.1, 0.15) is 11.6 Å². The maximum absolute atomic E-state index is 12.4. The van der Waals surface area contributed by atoms with E-state index in [-0.39, 0.29) is 57.9 Å². The van der Waals surface area contributed by atoms with Crippen molar-refractivity contribution in [3.63, 3.8) is 0 Å². The number of alkyl carbamates (subject to hydrolysis) is 2. The lowest BCUT2D eigenvalue weighted by molar-refractivity contribution is -0.142. The molecular weight excluding hydrogens is 1010 g/mol. The summed E-state index contributed by atoms with van der Waals surface area (Å²) in [5, 5.41) is 19.6. The van der Waals surface area contributed by atoms with Crippen LogP contribution in [0.3, 0.4) is 0 Å². The second-order valence-electron chi connectivity index (χ2n) is 17.3. The first kappa shape index (κ1) is 69.4. The van der Waals surface area contributed by atoms with Gasteiger partial charge in [0.15, 0.2) is 0 Å². The number of hydrogen-bond donors (Lipinski definition) is 5. The number of amides is 6. The molecule has 0 bridgehead atoms. The first-order chi connectivity index (χ1) is 36.7. The van der Waals surface area contributed by atoms with Crippen molar-refractivity contribution in [3.05, 3.63) is 12.2 Å². The minimum atomic E-state index is -1.23. The van der Waals surface area contributed by atoms with Gasteiger partial charge in [-0.3, -0.25) is 24.1 Å². The Hall–Kier alpha value is -4.65. The fraction of sp³-hybridized carbons (Fsp3) is 0.816. The first-order valence-corrected chi connectivity index (χ1v) is 25.8. The fourth-order valence-electron chi connectivity index (χ4n) is 6.15. The van der Waals surface area contributed by atoms with Crippen LogP contribution in [-0.2, 0) is 90.3 Å². The molecule has 6 amide bonds. The van der Waals surface area contributed by atoms with Gasteiger partial charge in [-0.25, -0.2) is 14.4 Å². The van der Waals surface area contributed by atoms with E-state index in [1.165, 1.54) is 0 Å². The molecule has 0 unspecified atom stereocenters. The number of aliphatic carboxylic acids is 1. The van der Waals surface area contributed by atoms with E-state index < -0.39 is 53.6 Å². The van der Waals surface area contributed by atoms with Crippen LogP contribution in [0.5, 0.6) is 0 Å². The molecule has 1 heterocycles. The number of hydrogen-bond acceptors (Lipinski definition) is 21. The van der Waals surface area contributed by atoms with Gasteiger partial charge in [0.25, 0.3) is 11.8 Å². The molecule has 0 aromatic heterocycles. The topological polar surface area (TPSA) is 320 Å². The molecular formula is C49H87N5O22. The van der Waals surface area contributed by atoms with Crippen molar-refractivity contribution in [2.24, 2.45) is 0 Å². The summed E-state index contributed by atoms with van der Waals surface area (Å²) < 4.78 is 75.2. The van der Waals surface area contributed by atoms with Crippen LogP contribution in [0.25, 0.3) is 0 Å². The third kappa shape index (κ3) is 42.5. The summed E-state index contributed by atoms with van der Waals surface area (Å²) in [6.45, 7) is 15.1. The molecule has 1 rings (SSSR count). The number of carboxylic acids is 1. The number of methoxy groups -OCH3 is 1. The molecule has 5 N–H and O–H groups in total. The Kier molecular flexibility index (Phi) is 43.4. The van der Waals surface area contributed by atoms with E-state index >= 15 is 0 Å². The average molecular weight is 1100 g/mol. The van der Waals surface area contributed by atoms with Gasteiger partial charge in [0.05, 0.1) is 165 Å². The van der Waals surface area contributed by atoms with Crippen LogP contribution in [0, 0.1) is 0 Å². The molecule has 0 saturated heterocycles. The van der Waals surface area contributed by atoms with Crippen molar-refractivity contribution in [3.8, 4) is 0 Å². The zero-order valence-electron chi connectivity index (χ0n) is 45.1. The van der Waals surface area contributed by atoms with Crippen LogP contribution >= 0.6 is 0 Å². The Morgan fingerprint density at radius 2 is 0.921 bits per heavy atom. The Morgan fingerprint density at radius 3 is 1.33 bits per heavy atom. The normalized spacial score (nSPS) is 13.2. The molecule has 76 heavy (non-hydrogen) atoms. The largest absolute Gasteiger partial charge is 0.480 e. The molecule has 440 valence electrons. The summed E-state index contributed by atoms with van der Waals surface area (Å²) in [6, 6.07) is -2.02. The zero-order chi connectivity index (χ0) is 55.8. The van der Waals surface area contributed by atoms with Gasteiger partial charge in [-0.15, -0.1) is 0 Å². The van der Waals surface area contributed by atoms with Gasteiger partial charge in [0, 0.05) is 58.2 Å². The van der Waals surface area contributed by atoms with Gasteiger partial charge < -0.3 is 92.7 Å². The highest BCUT2D eigenvalue weighted by Gasteiger charge is 2.32. The number of ether oxygens (including phenoxy) is 14. The summed E-state index contributed by atoms with van der Waals surface area (Å²) in [4.78, 5) is 86.1. The van der Waals surface area contributed by atoms with Crippen molar-refractivity contribution in [2.45, 2.75) is 77.0 Å². The molecule has 27 heteroatoms. The van der Waals surface area contributed by atoms with Crippen LogP contribution in [-0.4, -0.2) is 255 Å². The molecule has 0 radical (unpaired) electrons. The van der Waals surface area contributed by atoms with Gasteiger partial charge in [-0.1, -0.05) is 0 Å². The Bertz CT molecular complexity index is 1570. The number of carbonyl (C=O) groups excluding carboxylic acids is 6. The maximum atomic E-state index is 12.4. The summed E-state index contributed by atoms with van der Waals surface area (Å²) in [5.41, 5.74) is -0.771. The molecule has 0 aromatic carbocycles. The predicted octanol–water partition coefficient (Wildman–Crippen LogP) is 0.386. The van der Waals surface area contributed by atoms with Crippen LogP contribution in [0.4, 0.5) is 9.59 Å². The third-order valence-corrected chi connectivity index (χ3v) is 9.90. The lowest BCUT2D eigenvalue weighted by Gasteiger charge is -2.27. The van der Waals surface area contributed by atoms with E-state index in [1.807, 2.05) is 0 Å². The second-order valence-corrected chi connectivity index (χ2v) is 17.3. The molecule has 2 atom stereocenters. The molecule has 27 nitrogen and oxygen atoms in total. The number of imide groups is 1. The SMILES string of the molecule is COCCOCCOCCOCCOCCOCCOCCOCCOCCOCCOCCOCCC(=O)NCCCC[C@H](NC(=O)CCNC(=O)OCC[C@H](CNC(=O)OC(C)(C)C)N1C(=O)C=CC1=O)C(=O)O. The number of nitrogens with one attached hydrogen (secondary N) is 4. The van der Waals surface area contributed by atoms with Gasteiger partial charge >= 0.3 is 18.2 Å². The highest BCUT2D eigenvalue weighted by molar-refractivity contribution is 6.13. The monoisotopic (exact) mass is 1100 g/mol. The number of rotatable bonds is 52. The van der Waals surface area contributed by atoms with Gasteiger partial charge in [-0.2, -0.15) is 0 Å². The van der Waals surface area contributed by atoms with Crippen LogP contribution in [0.2, 0.25) is 0 Å². The van der Waals surface area contributed by atoms with Gasteiger partial charge in [-0.05, 0) is 40.0 Å². The van der Waals surface area contributed by atoms with E-state index in [1.54, 1.807) is 27.9 Å². The Labute approximate surface area is 446 Å². The van der Waals surface area contributed by atoms with Crippen LogP contribution in [0.1, 0.15) is 59.3 Å². The number of unbranched alkanes of at least 4 members (excludes halogenated alkanes) is 1. The van der Waals surface area contributed by atoms with E-state index in [0.717, 1.165) is 17.1 Å². The smallest absolute Gasteiger partial charge is 0.407 e. The minimum absolute atomic E-state index is 0.00505.